The van der Waals surface area contributed by atoms with Crippen LogP contribution in [0, 0.1) is 0 Å². The zero-order valence-electron chi connectivity index (χ0n) is 5.52. The second kappa shape index (κ2) is 5.03. The highest BCUT2D eigenvalue weighted by Gasteiger charge is 1.87. The monoisotopic (exact) mass is 118 g/mol. The molecule has 0 aliphatic carbocycles. The third-order valence-electron chi connectivity index (χ3n) is 0.968. The fourth-order valence-electron chi connectivity index (χ4n) is 0.353. The molecule has 0 rings (SSSR count). The fourth-order valence-corrected chi connectivity index (χ4v) is 0.353. The molecule has 0 aliphatic heterocycles. The zero-order chi connectivity index (χ0) is 6.41. The molecule has 0 aromatic rings. The van der Waals surface area contributed by atoms with E-state index in [1.54, 1.807) is 0 Å². The lowest BCUT2D eigenvalue weighted by molar-refractivity contribution is 0.204. The highest BCUT2D eigenvalue weighted by atomic mass is 16.3. The van der Waals surface area contributed by atoms with Crippen LogP contribution >= 0.6 is 0 Å². The number of hydrogen-bond acceptors (Lipinski definition) is 3. The summed E-state index contributed by atoms with van der Waals surface area (Å²) in [5.74, 6) is 0. The van der Waals surface area contributed by atoms with Crippen LogP contribution < -0.4 is 5.43 Å². The molecule has 0 bridgehead atoms. The Bertz CT molecular complexity index is 49.7. The third kappa shape index (κ3) is 4.05. The van der Waals surface area contributed by atoms with Crippen molar-refractivity contribution in [1.29, 1.82) is 0 Å². The van der Waals surface area contributed by atoms with Gasteiger partial charge in [-0.15, -0.1) is 0 Å². The minimum Gasteiger partial charge on any atom is -0.395 e. The number of nitrogens with zero attached hydrogens (tertiary/aromatic N) is 1. The molecule has 0 aromatic carbocycles. The predicted octanol–water partition coefficient (Wildman–Crippen LogP) is -0.565. The molecule has 0 fully saturated rings. The quantitative estimate of drug-likeness (QED) is 0.485. The van der Waals surface area contributed by atoms with Gasteiger partial charge < -0.3 is 5.11 Å². The largest absolute Gasteiger partial charge is 0.395 e. The van der Waals surface area contributed by atoms with Crippen LogP contribution in [0.3, 0.4) is 0 Å². The zero-order valence-corrected chi connectivity index (χ0v) is 5.52. The van der Waals surface area contributed by atoms with E-state index in [1.807, 2.05) is 19.0 Å². The Balaban J connectivity index is 2.86. The summed E-state index contributed by atoms with van der Waals surface area (Å²) in [5.41, 5.74) is 2.97. The van der Waals surface area contributed by atoms with E-state index in [-0.39, 0.29) is 6.61 Å². The molecular weight excluding hydrogens is 104 g/mol. The number of nitrogens with one attached hydrogen (secondary N) is 1. The van der Waals surface area contributed by atoms with Crippen molar-refractivity contribution in [1.82, 2.24) is 10.4 Å². The average Bonchev–Trinajstić information content (AvgIpc) is 1.83. The SMILES string of the molecule is CCN(C)NCCO. The Morgan fingerprint density at radius 1 is 1.62 bits per heavy atom. The van der Waals surface area contributed by atoms with Crippen molar-refractivity contribution >= 4 is 0 Å². The van der Waals surface area contributed by atoms with E-state index >= 15 is 0 Å². The molecule has 0 aromatic heterocycles. The molecule has 0 aliphatic rings. The van der Waals surface area contributed by atoms with Crippen molar-refractivity contribution in [2.24, 2.45) is 0 Å². The first-order valence-electron chi connectivity index (χ1n) is 2.86. The van der Waals surface area contributed by atoms with Gasteiger partial charge in [-0.3, -0.25) is 5.43 Å². The number of aliphatic hydroxyl groups excluding tert-OH is 1. The maximum Gasteiger partial charge on any atom is 0.0570 e. The van der Waals surface area contributed by atoms with Gasteiger partial charge in [0.1, 0.15) is 0 Å². The van der Waals surface area contributed by atoms with Crippen LogP contribution in [0.5, 0.6) is 0 Å². The molecule has 3 heteroatoms. The molecule has 8 heavy (non-hydrogen) atoms. The van der Waals surface area contributed by atoms with E-state index < -0.39 is 0 Å². The van der Waals surface area contributed by atoms with Gasteiger partial charge >= 0.3 is 0 Å². The Morgan fingerprint density at radius 3 is 2.62 bits per heavy atom. The summed E-state index contributed by atoms with van der Waals surface area (Å²) in [6.07, 6.45) is 0. The lowest BCUT2D eigenvalue weighted by Gasteiger charge is -2.13. The van der Waals surface area contributed by atoms with Crippen LogP contribution in [0.15, 0.2) is 0 Å². The number of hydrazine groups is 1. The first-order valence-corrected chi connectivity index (χ1v) is 2.86. The molecule has 0 amide bonds. The van der Waals surface area contributed by atoms with Gasteiger partial charge in [-0.05, 0) is 0 Å². The summed E-state index contributed by atoms with van der Waals surface area (Å²) in [4.78, 5) is 0. The molecule has 0 radical (unpaired) electrons. The minimum atomic E-state index is 0.199. The smallest absolute Gasteiger partial charge is 0.0570 e. The second-order valence-electron chi connectivity index (χ2n) is 1.65. The maximum absolute atomic E-state index is 8.32. The minimum absolute atomic E-state index is 0.199. The van der Waals surface area contributed by atoms with Crippen LogP contribution in [0.2, 0.25) is 0 Å². The summed E-state index contributed by atoms with van der Waals surface area (Å²) >= 11 is 0. The van der Waals surface area contributed by atoms with Crippen LogP contribution in [0.4, 0.5) is 0 Å². The van der Waals surface area contributed by atoms with Crippen LogP contribution in [0.1, 0.15) is 6.92 Å². The highest BCUT2D eigenvalue weighted by Crippen LogP contribution is 1.68. The van der Waals surface area contributed by atoms with Gasteiger partial charge in [0.2, 0.25) is 0 Å². The topological polar surface area (TPSA) is 35.5 Å². The van der Waals surface area contributed by atoms with Crippen molar-refractivity contribution in [2.75, 3.05) is 26.7 Å². The van der Waals surface area contributed by atoms with E-state index in [9.17, 15) is 0 Å². The van der Waals surface area contributed by atoms with Gasteiger partial charge in [0, 0.05) is 20.1 Å². The molecule has 0 unspecified atom stereocenters. The van der Waals surface area contributed by atoms with Crippen LogP contribution in [-0.4, -0.2) is 36.9 Å². The van der Waals surface area contributed by atoms with E-state index in [4.69, 9.17) is 5.11 Å². The number of rotatable bonds is 4. The van der Waals surface area contributed by atoms with Crippen molar-refractivity contribution < 1.29 is 5.11 Å². The van der Waals surface area contributed by atoms with Crippen LogP contribution in [0.25, 0.3) is 0 Å². The van der Waals surface area contributed by atoms with Gasteiger partial charge in [0.05, 0.1) is 6.61 Å². The average molecular weight is 118 g/mol. The lowest BCUT2D eigenvalue weighted by Crippen LogP contribution is -2.35. The molecule has 0 saturated heterocycles. The summed E-state index contributed by atoms with van der Waals surface area (Å²) in [5, 5.41) is 10.2. The summed E-state index contributed by atoms with van der Waals surface area (Å²) < 4.78 is 0. The number of hydrogen-bond donors (Lipinski definition) is 2. The Labute approximate surface area is 50.3 Å². The van der Waals surface area contributed by atoms with Gasteiger partial charge in [-0.25, -0.2) is 5.01 Å². The van der Waals surface area contributed by atoms with E-state index in [0.717, 1.165) is 6.54 Å². The van der Waals surface area contributed by atoms with Crippen molar-refractivity contribution in [2.45, 2.75) is 6.92 Å². The van der Waals surface area contributed by atoms with Crippen molar-refractivity contribution in [3.63, 3.8) is 0 Å². The van der Waals surface area contributed by atoms with Crippen LogP contribution in [-0.2, 0) is 0 Å². The Kier molecular flexibility index (Phi) is 4.95. The normalized spacial score (nSPS) is 10.5. The molecule has 2 N–H and O–H groups in total. The molecule has 0 spiro atoms. The van der Waals surface area contributed by atoms with Gasteiger partial charge in [0.25, 0.3) is 0 Å². The van der Waals surface area contributed by atoms with Crippen molar-refractivity contribution in [3.8, 4) is 0 Å². The molecule has 3 nitrogen and oxygen atoms in total. The first-order chi connectivity index (χ1) is 3.81. The summed E-state index contributed by atoms with van der Waals surface area (Å²) in [7, 11) is 1.94. The Hall–Kier alpha value is -0.120. The summed E-state index contributed by atoms with van der Waals surface area (Å²) in [6.45, 7) is 3.85. The maximum atomic E-state index is 8.32. The lowest BCUT2D eigenvalue weighted by atomic mass is 10.7. The molecule has 0 saturated carbocycles. The second-order valence-corrected chi connectivity index (χ2v) is 1.65. The molecule has 0 heterocycles. The third-order valence-corrected chi connectivity index (χ3v) is 0.968. The van der Waals surface area contributed by atoms with E-state index in [2.05, 4.69) is 5.43 Å². The highest BCUT2D eigenvalue weighted by molar-refractivity contribution is 4.37. The summed E-state index contributed by atoms with van der Waals surface area (Å²) in [6, 6.07) is 0. The van der Waals surface area contributed by atoms with Gasteiger partial charge in [0.15, 0.2) is 0 Å². The molecule has 50 valence electrons. The van der Waals surface area contributed by atoms with Gasteiger partial charge in [-0.2, -0.15) is 0 Å². The van der Waals surface area contributed by atoms with E-state index in [0.29, 0.717) is 6.54 Å². The predicted molar refractivity (Wildman–Crippen MR) is 33.4 cm³/mol. The fraction of sp³-hybridized carbons (Fsp3) is 1.00. The Morgan fingerprint density at radius 2 is 2.25 bits per heavy atom. The van der Waals surface area contributed by atoms with E-state index in [1.165, 1.54) is 0 Å². The number of aliphatic hydroxyl groups is 1. The van der Waals surface area contributed by atoms with Gasteiger partial charge in [-0.1, -0.05) is 6.92 Å². The molecule has 0 atom stereocenters. The first kappa shape index (κ1) is 7.88. The molecular formula is C5H14N2O. The standard InChI is InChI=1S/C5H14N2O/c1-3-7(2)6-4-5-8/h6,8H,3-5H2,1-2H3. The van der Waals surface area contributed by atoms with Crippen molar-refractivity contribution in [3.05, 3.63) is 0 Å².